The summed E-state index contributed by atoms with van der Waals surface area (Å²) in [7, 11) is 0. The van der Waals surface area contributed by atoms with E-state index >= 15 is 0 Å². The summed E-state index contributed by atoms with van der Waals surface area (Å²) in [6.45, 7) is 1.21. The molecule has 106 valence electrons. The minimum Gasteiger partial charge on any atom is -0.381 e. The van der Waals surface area contributed by atoms with Gasteiger partial charge in [-0.1, -0.05) is 25.0 Å². The van der Waals surface area contributed by atoms with Gasteiger partial charge < -0.3 is 10.1 Å². The fourth-order valence-corrected chi connectivity index (χ4v) is 2.49. The van der Waals surface area contributed by atoms with Crippen molar-refractivity contribution in [3.63, 3.8) is 0 Å². The van der Waals surface area contributed by atoms with Crippen LogP contribution in [0, 0.1) is 17.2 Å². The highest BCUT2D eigenvalue weighted by atomic mass is 16.5. The number of nitrogens with zero attached hydrogens (tertiary/aromatic N) is 1. The van der Waals surface area contributed by atoms with Gasteiger partial charge in [-0.05, 0) is 30.9 Å². The zero-order chi connectivity index (χ0) is 14.2. The van der Waals surface area contributed by atoms with Crippen molar-refractivity contribution in [3.05, 3.63) is 29.8 Å². The number of ether oxygens (including phenoxy) is 1. The van der Waals surface area contributed by atoms with Crippen LogP contribution in [0.1, 0.15) is 37.7 Å². The number of anilines is 1. The summed E-state index contributed by atoms with van der Waals surface area (Å²) in [5.41, 5.74) is 1.04. The van der Waals surface area contributed by atoms with Crippen LogP contribution in [0.15, 0.2) is 24.3 Å². The van der Waals surface area contributed by atoms with Crippen LogP contribution in [-0.4, -0.2) is 19.1 Å². The third-order valence-electron chi connectivity index (χ3n) is 3.62. The molecule has 4 nitrogen and oxygen atoms in total. The Labute approximate surface area is 119 Å². The predicted octanol–water partition coefficient (Wildman–Crippen LogP) is 3.09. The normalized spacial score (nSPS) is 14.9. The molecule has 1 aliphatic carbocycles. The molecule has 4 heteroatoms. The van der Waals surface area contributed by atoms with Crippen LogP contribution in [0.5, 0.6) is 0 Å². The standard InChI is InChI=1S/C16H20N2O2/c17-11-14-7-3-4-8-15(14)18-16(19)9-10-20-12-13-5-1-2-6-13/h3-4,7-8,13H,1-2,5-6,9-10,12H2,(H,18,19). The molecule has 20 heavy (non-hydrogen) atoms. The second-order valence-corrected chi connectivity index (χ2v) is 5.18. The summed E-state index contributed by atoms with van der Waals surface area (Å²) in [6.07, 6.45) is 5.44. The van der Waals surface area contributed by atoms with E-state index in [0.717, 1.165) is 6.61 Å². The molecule has 1 aliphatic rings. The zero-order valence-corrected chi connectivity index (χ0v) is 11.6. The molecule has 0 aromatic heterocycles. The van der Waals surface area contributed by atoms with Gasteiger partial charge in [-0.15, -0.1) is 0 Å². The summed E-state index contributed by atoms with van der Waals surface area (Å²) in [4.78, 5) is 11.8. The number of carbonyl (C=O) groups is 1. The van der Waals surface area contributed by atoms with Crippen LogP contribution in [0.25, 0.3) is 0 Å². The van der Waals surface area contributed by atoms with Gasteiger partial charge in [-0.2, -0.15) is 5.26 Å². The van der Waals surface area contributed by atoms with E-state index in [4.69, 9.17) is 10.00 Å². The molecule has 0 atom stereocenters. The molecule has 1 saturated carbocycles. The van der Waals surface area contributed by atoms with Crippen LogP contribution in [-0.2, 0) is 9.53 Å². The summed E-state index contributed by atoms with van der Waals surface area (Å²) in [5.74, 6) is 0.566. The minimum atomic E-state index is -0.112. The molecule has 0 radical (unpaired) electrons. The van der Waals surface area contributed by atoms with Crippen LogP contribution in [0.4, 0.5) is 5.69 Å². The summed E-state index contributed by atoms with van der Waals surface area (Å²) < 4.78 is 5.56. The minimum absolute atomic E-state index is 0.112. The molecule has 0 saturated heterocycles. The van der Waals surface area contributed by atoms with Gasteiger partial charge in [0.1, 0.15) is 6.07 Å². The summed E-state index contributed by atoms with van der Waals surface area (Å²) in [6, 6.07) is 9.05. The van der Waals surface area contributed by atoms with E-state index in [1.54, 1.807) is 24.3 Å². The van der Waals surface area contributed by atoms with Crippen molar-refractivity contribution in [3.8, 4) is 6.07 Å². The molecule has 2 rings (SSSR count). The Kier molecular flexibility index (Phi) is 5.57. The van der Waals surface area contributed by atoms with Crippen LogP contribution in [0.2, 0.25) is 0 Å². The molecule has 0 unspecified atom stereocenters. The number of hydrogen-bond donors (Lipinski definition) is 1. The topological polar surface area (TPSA) is 62.1 Å². The fraction of sp³-hybridized carbons (Fsp3) is 0.500. The van der Waals surface area contributed by atoms with Gasteiger partial charge in [0.15, 0.2) is 0 Å². The van der Waals surface area contributed by atoms with Gasteiger partial charge in [-0.3, -0.25) is 4.79 Å². The summed E-state index contributed by atoms with van der Waals surface area (Å²) >= 11 is 0. The lowest BCUT2D eigenvalue weighted by Gasteiger charge is -2.10. The Morgan fingerprint density at radius 1 is 1.35 bits per heavy atom. The molecule has 1 N–H and O–H groups in total. The third kappa shape index (κ3) is 4.36. The molecule has 0 bridgehead atoms. The average molecular weight is 272 g/mol. The van der Waals surface area contributed by atoms with Crippen LogP contribution < -0.4 is 5.32 Å². The average Bonchev–Trinajstić information content (AvgIpc) is 2.97. The lowest BCUT2D eigenvalue weighted by molar-refractivity contribution is -0.117. The number of hydrogen-bond acceptors (Lipinski definition) is 3. The number of para-hydroxylation sites is 1. The van der Waals surface area contributed by atoms with Crippen molar-refractivity contribution in [2.45, 2.75) is 32.1 Å². The molecule has 1 fully saturated rings. The Morgan fingerprint density at radius 3 is 2.85 bits per heavy atom. The smallest absolute Gasteiger partial charge is 0.226 e. The highest BCUT2D eigenvalue weighted by molar-refractivity contribution is 5.92. The van der Waals surface area contributed by atoms with Gasteiger partial charge in [-0.25, -0.2) is 0 Å². The van der Waals surface area contributed by atoms with Gasteiger partial charge in [0.25, 0.3) is 0 Å². The lowest BCUT2D eigenvalue weighted by atomic mass is 10.1. The number of benzene rings is 1. The molecule has 0 aliphatic heterocycles. The first-order chi connectivity index (χ1) is 9.79. The molecule has 0 heterocycles. The lowest BCUT2D eigenvalue weighted by Crippen LogP contribution is -2.16. The Morgan fingerprint density at radius 2 is 2.10 bits per heavy atom. The van der Waals surface area contributed by atoms with E-state index in [1.807, 2.05) is 0 Å². The Balaban J connectivity index is 1.68. The van der Waals surface area contributed by atoms with Crippen molar-refractivity contribution < 1.29 is 9.53 Å². The van der Waals surface area contributed by atoms with Crippen LogP contribution in [0.3, 0.4) is 0 Å². The van der Waals surface area contributed by atoms with Crippen molar-refractivity contribution in [1.82, 2.24) is 0 Å². The van der Waals surface area contributed by atoms with Gasteiger partial charge in [0, 0.05) is 6.61 Å². The maximum Gasteiger partial charge on any atom is 0.226 e. The first kappa shape index (κ1) is 14.5. The zero-order valence-electron chi connectivity index (χ0n) is 11.6. The number of rotatable bonds is 6. The van der Waals surface area contributed by atoms with Crippen molar-refractivity contribution in [1.29, 1.82) is 5.26 Å². The van der Waals surface area contributed by atoms with E-state index < -0.39 is 0 Å². The fourth-order valence-electron chi connectivity index (χ4n) is 2.49. The molecule has 1 aromatic carbocycles. The Hall–Kier alpha value is -1.86. The molecule has 1 aromatic rings. The predicted molar refractivity (Wildman–Crippen MR) is 77.2 cm³/mol. The van der Waals surface area contributed by atoms with Crippen molar-refractivity contribution >= 4 is 11.6 Å². The van der Waals surface area contributed by atoms with Gasteiger partial charge >= 0.3 is 0 Å². The Bertz CT molecular complexity index is 487. The monoisotopic (exact) mass is 272 g/mol. The van der Waals surface area contributed by atoms with Crippen molar-refractivity contribution in [2.75, 3.05) is 18.5 Å². The van der Waals surface area contributed by atoms with Gasteiger partial charge in [0.2, 0.25) is 5.91 Å². The highest BCUT2D eigenvalue weighted by Gasteiger charge is 2.15. The van der Waals surface area contributed by atoms with E-state index in [0.29, 0.717) is 30.2 Å². The molecular formula is C16H20N2O2. The van der Waals surface area contributed by atoms with Gasteiger partial charge in [0.05, 0.1) is 24.3 Å². The van der Waals surface area contributed by atoms with Crippen molar-refractivity contribution in [2.24, 2.45) is 5.92 Å². The third-order valence-corrected chi connectivity index (χ3v) is 3.62. The molecule has 0 spiro atoms. The molecular weight excluding hydrogens is 252 g/mol. The number of carbonyl (C=O) groups excluding carboxylic acids is 1. The van der Waals surface area contributed by atoms with E-state index in [-0.39, 0.29) is 5.91 Å². The van der Waals surface area contributed by atoms with E-state index in [1.165, 1.54) is 25.7 Å². The van der Waals surface area contributed by atoms with Crippen LogP contribution >= 0.6 is 0 Å². The largest absolute Gasteiger partial charge is 0.381 e. The maximum absolute atomic E-state index is 11.8. The number of amides is 1. The van der Waals surface area contributed by atoms with E-state index in [2.05, 4.69) is 11.4 Å². The maximum atomic E-state index is 11.8. The second-order valence-electron chi connectivity index (χ2n) is 5.18. The second kappa shape index (κ2) is 7.66. The molecule has 1 amide bonds. The quantitative estimate of drug-likeness (QED) is 0.809. The SMILES string of the molecule is N#Cc1ccccc1NC(=O)CCOCC1CCCC1. The van der Waals surface area contributed by atoms with E-state index in [9.17, 15) is 4.79 Å². The number of nitriles is 1. The highest BCUT2D eigenvalue weighted by Crippen LogP contribution is 2.24. The summed E-state index contributed by atoms with van der Waals surface area (Å²) in [5, 5.41) is 11.7. The first-order valence-corrected chi connectivity index (χ1v) is 7.16. The number of nitrogens with one attached hydrogen (secondary N) is 1. The first-order valence-electron chi connectivity index (χ1n) is 7.16.